The number of terminal acetylenes is 1. The highest BCUT2D eigenvalue weighted by Gasteiger charge is 2.64. The minimum atomic E-state index is -0.610. The number of rotatable bonds is 2. The second-order valence-corrected chi connectivity index (χ2v) is 10.5. The van der Waals surface area contributed by atoms with Crippen molar-refractivity contribution >= 4 is 5.78 Å². The van der Waals surface area contributed by atoms with Crippen LogP contribution in [0.1, 0.15) is 85.5 Å². The molecule has 0 radical (unpaired) electrons. The van der Waals surface area contributed by atoms with Crippen LogP contribution in [-0.2, 0) is 4.79 Å². The third kappa shape index (κ3) is 2.27. The zero-order chi connectivity index (χ0) is 19.7. The Morgan fingerprint density at radius 3 is 2.48 bits per heavy atom. The van der Waals surface area contributed by atoms with Crippen LogP contribution in [0.5, 0.6) is 0 Å². The zero-order valence-corrected chi connectivity index (χ0v) is 17.6. The van der Waals surface area contributed by atoms with Crippen molar-refractivity contribution < 1.29 is 9.90 Å². The van der Waals surface area contributed by atoms with Gasteiger partial charge in [0.1, 0.15) is 0 Å². The predicted molar refractivity (Wildman–Crippen MR) is 109 cm³/mol. The maximum absolute atomic E-state index is 12.8. The van der Waals surface area contributed by atoms with Crippen LogP contribution in [0.4, 0.5) is 0 Å². The predicted octanol–water partition coefficient (Wildman–Crippen LogP) is 5.30. The molecule has 0 heterocycles. The van der Waals surface area contributed by atoms with Gasteiger partial charge in [0.05, 0.1) is 11.0 Å². The number of fused-ring (bicyclic) bond motifs is 5. The minimum Gasteiger partial charge on any atom is -0.389 e. The molecule has 4 aliphatic rings. The van der Waals surface area contributed by atoms with E-state index in [-0.39, 0.29) is 16.6 Å². The van der Waals surface area contributed by atoms with E-state index < -0.39 is 11.0 Å². The van der Waals surface area contributed by atoms with Crippen molar-refractivity contribution in [3.05, 3.63) is 11.6 Å². The highest BCUT2D eigenvalue weighted by Crippen LogP contribution is 2.69. The first kappa shape index (κ1) is 19.3. The second-order valence-electron chi connectivity index (χ2n) is 10.5. The lowest BCUT2D eigenvalue weighted by Gasteiger charge is -2.60. The van der Waals surface area contributed by atoms with E-state index in [4.69, 9.17) is 6.42 Å². The van der Waals surface area contributed by atoms with Crippen molar-refractivity contribution in [3.63, 3.8) is 0 Å². The largest absolute Gasteiger partial charge is 0.389 e. The van der Waals surface area contributed by atoms with Gasteiger partial charge in [-0.05, 0) is 92.4 Å². The summed E-state index contributed by atoms with van der Waals surface area (Å²) < 4.78 is 0. The summed E-state index contributed by atoms with van der Waals surface area (Å²) in [6, 6.07) is 0. The molecule has 4 aliphatic carbocycles. The normalized spacial score (nSPS) is 51.6. The molecule has 148 valence electrons. The Kier molecular flexibility index (Phi) is 4.25. The first-order chi connectivity index (χ1) is 12.7. The van der Waals surface area contributed by atoms with Gasteiger partial charge in [0.25, 0.3) is 0 Å². The molecule has 0 aromatic heterocycles. The lowest BCUT2D eigenvalue weighted by molar-refractivity contribution is -0.137. The molecule has 7 atom stereocenters. The number of carbonyl (C=O) groups is 1. The van der Waals surface area contributed by atoms with Crippen LogP contribution in [0.3, 0.4) is 0 Å². The summed E-state index contributed by atoms with van der Waals surface area (Å²) >= 11 is 0. The van der Waals surface area contributed by atoms with Crippen LogP contribution in [0.25, 0.3) is 0 Å². The average Bonchev–Trinajstić information content (AvgIpc) is 2.93. The second kappa shape index (κ2) is 5.96. The molecule has 27 heavy (non-hydrogen) atoms. The van der Waals surface area contributed by atoms with Gasteiger partial charge in [-0.15, -0.1) is 6.42 Å². The lowest BCUT2D eigenvalue weighted by Crippen LogP contribution is -2.56. The van der Waals surface area contributed by atoms with E-state index in [1.54, 1.807) is 0 Å². The number of hydrogen-bond acceptors (Lipinski definition) is 2. The molecule has 0 aromatic rings. The molecule has 3 fully saturated rings. The van der Waals surface area contributed by atoms with E-state index in [1.807, 2.05) is 6.08 Å². The summed E-state index contributed by atoms with van der Waals surface area (Å²) in [5, 5.41) is 11.4. The summed E-state index contributed by atoms with van der Waals surface area (Å²) in [5.74, 6) is 4.95. The third-order valence-electron chi connectivity index (χ3n) is 9.97. The summed E-state index contributed by atoms with van der Waals surface area (Å²) in [4.78, 5) is 12.8. The molecule has 0 spiro atoms. The molecule has 2 nitrogen and oxygen atoms in total. The first-order valence-corrected chi connectivity index (χ1v) is 11.2. The number of hydrogen-bond donors (Lipinski definition) is 1. The maximum atomic E-state index is 12.8. The van der Waals surface area contributed by atoms with Crippen molar-refractivity contribution in [2.24, 2.45) is 34.0 Å². The quantitative estimate of drug-likeness (QED) is 0.672. The van der Waals surface area contributed by atoms with Gasteiger partial charge in [-0.25, -0.2) is 0 Å². The molecule has 0 saturated heterocycles. The lowest BCUT2D eigenvalue weighted by atomic mass is 9.44. The van der Waals surface area contributed by atoms with E-state index in [9.17, 15) is 9.90 Å². The van der Waals surface area contributed by atoms with Gasteiger partial charge >= 0.3 is 0 Å². The Morgan fingerprint density at radius 1 is 1.15 bits per heavy atom. The number of aliphatic hydroxyl groups is 1. The number of carbonyl (C=O) groups excluding carboxylic acids is 1. The van der Waals surface area contributed by atoms with Crippen molar-refractivity contribution in [2.75, 3.05) is 0 Å². The first-order valence-electron chi connectivity index (χ1n) is 11.2. The van der Waals surface area contributed by atoms with Gasteiger partial charge in [0.15, 0.2) is 5.78 Å². The molecule has 4 rings (SSSR count). The third-order valence-corrected chi connectivity index (χ3v) is 9.97. The SMILES string of the molecule is C#CC1(CC)C[C@@]2(C)C(=CC1=O)CC[C@@H]1[C@@H]2CC[C@@]2(C)[C@H]1CC[C@@]2(O)CC. The van der Waals surface area contributed by atoms with E-state index in [1.165, 1.54) is 12.0 Å². The van der Waals surface area contributed by atoms with Gasteiger partial charge in [0, 0.05) is 0 Å². The molecule has 0 bridgehead atoms. The Labute approximate surface area is 165 Å². The monoisotopic (exact) mass is 368 g/mol. The molecule has 0 aromatic carbocycles. The van der Waals surface area contributed by atoms with Gasteiger partial charge in [-0.2, -0.15) is 0 Å². The Morgan fingerprint density at radius 2 is 1.85 bits per heavy atom. The van der Waals surface area contributed by atoms with Crippen molar-refractivity contribution in [3.8, 4) is 12.3 Å². The van der Waals surface area contributed by atoms with Crippen LogP contribution in [-0.4, -0.2) is 16.5 Å². The molecule has 3 saturated carbocycles. The molecule has 0 aliphatic heterocycles. The number of allylic oxidation sites excluding steroid dienone is 1. The summed E-state index contributed by atoms with van der Waals surface area (Å²) in [6.45, 7) is 8.97. The Bertz CT molecular complexity index is 729. The van der Waals surface area contributed by atoms with Gasteiger partial charge < -0.3 is 5.11 Å². The van der Waals surface area contributed by atoms with Crippen LogP contribution in [0.2, 0.25) is 0 Å². The van der Waals surface area contributed by atoms with Gasteiger partial charge in [-0.3, -0.25) is 4.79 Å². The van der Waals surface area contributed by atoms with E-state index in [0.29, 0.717) is 17.8 Å². The minimum absolute atomic E-state index is 0.0491. The summed E-state index contributed by atoms with van der Waals surface area (Å²) in [6.07, 6.45) is 16.9. The molecular weight excluding hydrogens is 332 g/mol. The molecule has 0 amide bonds. The van der Waals surface area contributed by atoms with Crippen LogP contribution < -0.4 is 0 Å². The van der Waals surface area contributed by atoms with Gasteiger partial charge in [0.2, 0.25) is 0 Å². The molecule has 2 heteroatoms. The van der Waals surface area contributed by atoms with Gasteiger partial charge in [-0.1, -0.05) is 39.2 Å². The molecular formula is C25H36O2. The highest BCUT2D eigenvalue weighted by molar-refractivity contribution is 5.99. The maximum Gasteiger partial charge on any atom is 0.173 e. The standard InChI is InChI=1S/C25H36O2/c1-6-24(7-2)16-22(4)17(15-21(24)26)9-10-18-19(22)11-13-23(5)20(18)12-14-25(23,27)8-3/h1,15,18-20,27H,7-14,16H2,2-5H3/t18-,19+,20+,22+,23+,24?,25+/m1/s1. The van der Waals surface area contributed by atoms with E-state index in [2.05, 4.69) is 33.6 Å². The van der Waals surface area contributed by atoms with E-state index in [0.717, 1.165) is 51.4 Å². The fourth-order valence-corrected chi connectivity index (χ4v) is 8.03. The van der Waals surface area contributed by atoms with Crippen molar-refractivity contribution in [1.82, 2.24) is 0 Å². The highest BCUT2D eigenvalue weighted by atomic mass is 16.3. The zero-order valence-electron chi connectivity index (χ0n) is 17.6. The van der Waals surface area contributed by atoms with Crippen LogP contribution in [0.15, 0.2) is 11.6 Å². The molecule has 1 N–H and O–H groups in total. The Balaban J connectivity index is 1.72. The van der Waals surface area contributed by atoms with E-state index >= 15 is 0 Å². The van der Waals surface area contributed by atoms with Crippen LogP contribution >= 0.6 is 0 Å². The smallest absolute Gasteiger partial charge is 0.173 e. The van der Waals surface area contributed by atoms with Crippen molar-refractivity contribution in [2.45, 2.75) is 91.1 Å². The van der Waals surface area contributed by atoms with Crippen LogP contribution in [0, 0.1) is 46.3 Å². The topological polar surface area (TPSA) is 37.3 Å². The Hall–Kier alpha value is -1.07. The molecule has 1 unspecified atom stereocenters. The van der Waals surface area contributed by atoms with Crippen molar-refractivity contribution in [1.29, 1.82) is 0 Å². The summed E-state index contributed by atoms with van der Waals surface area (Å²) in [5.41, 5.74) is 0.363. The fraction of sp³-hybridized carbons (Fsp3) is 0.800. The average molecular weight is 369 g/mol. The number of ketones is 1. The fourth-order valence-electron chi connectivity index (χ4n) is 8.03. The summed E-state index contributed by atoms with van der Waals surface area (Å²) in [7, 11) is 0.